The third kappa shape index (κ3) is 4.44. The van der Waals surface area contributed by atoms with Crippen molar-refractivity contribution >= 4 is 34.1 Å². The molecule has 8 heteroatoms. The third-order valence-electron chi connectivity index (χ3n) is 1.56. The lowest BCUT2D eigenvalue weighted by atomic mass is 10.3. The van der Waals surface area contributed by atoms with Gasteiger partial charge in [-0.1, -0.05) is 23.1 Å². The van der Waals surface area contributed by atoms with E-state index >= 15 is 0 Å². The van der Waals surface area contributed by atoms with Crippen LogP contribution in [0.4, 0.5) is 5.13 Å². The number of nitrogens with one attached hydrogen (secondary N) is 1. The number of anilines is 1. The maximum Gasteiger partial charge on any atom is 0.242 e. The Kier molecular flexibility index (Phi) is 5.67. The van der Waals surface area contributed by atoms with Gasteiger partial charge in [0.1, 0.15) is 0 Å². The van der Waals surface area contributed by atoms with Crippen molar-refractivity contribution in [2.45, 2.75) is 17.3 Å². The highest BCUT2D eigenvalue weighted by Crippen LogP contribution is 2.25. The normalized spacial score (nSPS) is 12.4. The van der Waals surface area contributed by atoms with Crippen molar-refractivity contribution in [2.75, 3.05) is 24.8 Å². The lowest BCUT2D eigenvalue weighted by Crippen LogP contribution is -2.32. The molecule has 1 rings (SSSR count). The molecule has 0 saturated carbocycles. The Hall–Kier alpha value is -0.700. The number of nitrogens with zero attached hydrogens (tertiary/aromatic N) is 2. The van der Waals surface area contributed by atoms with Crippen LogP contribution in [0.2, 0.25) is 0 Å². The zero-order valence-corrected chi connectivity index (χ0v) is 10.7. The molecule has 6 nitrogen and oxygen atoms in total. The molecule has 0 aromatic carbocycles. The van der Waals surface area contributed by atoms with E-state index in [4.69, 9.17) is 10.5 Å². The molecule has 0 aliphatic rings. The van der Waals surface area contributed by atoms with Crippen molar-refractivity contribution in [3.63, 3.8) is 0 Å². The Morgan fingerprint density at radius 2 is 2.44 bits per heavy atom. The summed E-state index contributed by atoms with van der Waals surface area (Å²) in [6, 6.07) is -0.548. The first-order valence-electron chi connectivity index (χ1n) is 4.65. The highest BCUT2D eigenvalue weighted by molar-refractivity contribution is 8.01. The van der Waals surface area contributed by atoms with Crippen LogP contribution in [0.5, 0.6) is 0 Å². The minimum atomic E-state index is -0.548. The van der Waals surface area contributed by atoms with Gasteiger partial charge in [-0.25, -0.2) is 0 Å². The van der Waals surface area contributed by atoms with Crippen LogP contribution in [0, 0.1) is 0 Å². The van der Waals surface area contributed by atoms with Gasteiger partial charge in [0.15, 0.2) is 4.34 Å². The minimum Gasteiger partial charge on any atom is -0.384 e. The summed E-state index contributed by atoms with van der Waals surface area (Å²) in [5.41, 5.74) is 5.41. The van der Waals surface area contributed by atoms with E-state index in [-0.39, 0.29) is 5.91 Å². The fourth-order valence-corrected chi connectivity index (χ4v) is 2.48. The molecule has 1 aromatic heterocycles. The smallest absolute Gasteiger partial charge is 0.242 e. The van der Waals surface area contributed by atoms with Crippen molar-refractivity contribution in [1.82, 2.24) is 10.2 Å². The molecule has 0 radical (unpaired) electrons. The number of ether oxygens (including phenoxy) is 1. The van der Waals surface area contributed by atoms with E-state index < -0.39 is 6.04 Å². The fraction of sp³-hybridized carbons (Fsp3) is 0.625. The first-order chi connectivity index (χ1) is 7.63. The van der Waals surface area contributed by atoms with E-state index in [9.17, 15) is 4.79 Å². The predicted octanol–water partition coefficient (Wildman–Crippen LogP) is 0.562. The summed E-state index contributed by atoms with van der Waals surface area (Å²) >= 11 is 2.87. The average Bonchev–Trinajstić information content (AvgIpc) is 2.66. The van der Waals surface area contributed by atoms with Gasteiger partial charge in [0, 0.05) is 12.9 Å². The van der Waals surface area contributed by atoms with Crippen molar-refractivity contribution in [2.24, 2.45) is 5.73 Å². The number of hydrogen-bond donors (Lipinski definition) is 2. The second-order valence-corrected chi connectivity index (χ2v) is 5.31. The SMILES string of the molecule is COCCSc1nnc(NC(=O)[C@@H](C)N)s1. The minimum absolute atomic E-state index is 0.260. The lowest BCUT2D eigenvalue weighted by Gasteiger charge is -2.02. The number of rotatable bonds is 6. The number of amides is 1. The van der Waals surface area contributed by atoms with Crippen LogP contribution in [0.3, 0.4) is 0 Å². The largest absolute Gasteiger partial charge is 0.384 e. The topological polar surface area (TPSA) is 90.1 Å². The summed E-state index contributed by atoms with van der Waals surface area (Å²) < 4.78 is 5.72. The number of thioether (sulfide) groups is 1. The number of hydrogen-bond acceptors (Lipinski definition) is 7. The fourth-order valence-electron chi connectivity index (χ4n) is 0.750. The molecule has 1 atom stereocenters. The zero-order valence-electron chi connectivity index (χ0n) is 9.10. The van der Waals surface area contributed by atoms with Crippen LogP contribution in [0.15, 0.2) is 4.34 Å². The molecule has 3 N–H and O–H groups in total. The van der Waals surface area contributed by atoms with Gasteiger partial charge in [0.05, 0.1) is 12.6 Å². The molecular formula is C8H14N4O2S2. The van der Waals surface area contributed by atoms with Crippen LogP contribution in [-0.4, -0.2) is 41.6 Å². The number of methoxy groups -OCH3 is 1. The standard InChI is InChI=1S/C8H14N4O2S2/c1-5(9)6(13)10-7-11-12-8(16-7)15-4-3-14-2/h5H,3-4,9H2,1-2H3,(H,10,11,13)/t5-/m1/s1. The monoisotopic (exact) mass is 262 g/mol. The van der Waals surface area contributed by atoms with Gasteiger partial charge in [0.25, 0.3) is 0 Å². The summed E-state index contributed by atoms with van der Waals surface area (Å²) in [6.45, 7) is 2.27. The summed E-state index contributed by atoms with van der Waals surface area (Å²) in [5, 5.41) is 10.8. The Labute approximate surface area is 102 Å². The van der Waals surface area contributed by atoms with Crippen LogP contribution in [-0.2, 0) is 9.53 Å². The van der Waals surface area contributed by atoms with Crippen molar-refractivity contribution in [3.05, 3.63) is 0 Å². The lowest BCUT2D eigenvalue weighted by molar-refractivity contribution is -0.117. The first-order valence-corrected chi connectivity index (χ1v) is 6.45. The maximum atomic E-state index is 11.3. The van der Waals surface area contributed by atoms with Crippen molar-refractivity contribution in [1.29, 1.82) is 0 Å². The van der Waals surface area contributed by atoms with Crippen LogP contribution in [0.25, 0.3) is 0 Å². The molecule has 0 aliphatic carbocycles. The van der Waals surface area contributed by atoms with E-state index in [1.165, 1.54) is 23.1 Å². The third-order valence-corrected chi connectivity index (χ3v) is 3.50. The Morgan fingerprint density at radius 1 is 1.69 bits per heavy atom. The van der Waals surface area contributed by atoms with E-state index in [1.807, 2.05) is 0 Å². The van der Waals surface area contributed by atoms with Gasteiger partial charge in [-0.3, -0.25) is 10.1 Å². The van der Waals surface area contributed by atoms with Crippen molar-refractivity contribution < 1.29 is 9.53 Å². The highest BCUT2D eigenvalue weighted by Gasteiger charge is 2.11. The second-order valence-electron chi connectivity index (χ2n) is 2.99. The molecule has 90 valence electrons. The van der Waals surface area contributed by atoms with Gasteiger partial charge >= 0.3 is 0 Å². The van der Waals surface area contributed by atoms with Gasteiger partial charge in [-0.05, 0) is 6.92 Å². The zero-order chi connectivity index (χ0) is 12.0. The molecule has 0 fully saturated rings. The molecule has 16 heavy (non-hydrogen) atoms. The van der Waals surface area contributed by atoms with Gasteiger partial charge in [-0.15, -0.1) is 10.2 Å². The summed E-state index contributed by atoms with van der Waals surface area (Å²) in [5.74, 6) is 0.552. The Balaban J connectivity index is 2.42. The van der Waals surface area contributed by atoms with Crippen LogP contribution >= 0.6 is 23.1 Å². The molecule has 0 bridgehead atoms. The highest BCUT2D eigenvalue weighted by atomic mass is 32.2. The molecule has 0 unspecified atom stereocenters. The van der Waals surface area contributed by atoms with Crippen LogP contribution < -0.4 is 11.1 Å². The van der Waals surface area contributed by atoms with E-state index in [2.05, 4.69) is 15.5 Å². The van der Waals surface area contributed by atoms with Gasteiger partial charge in [-0.2, -0.15) is 0 Å². The molecular weight excluding hydrogens is 248 g/mol. The summed E-state index contributed by atoms with van der Waals surface area (Å²) in [6.07, 6.45) is 0. The van der Waals surface area contributed by atoms with Gasteiger partial charge in [0.2, 0.25) is 11.0 Å². The van der Waals surface area contributed by atoms with E-state index in [1.54, 1.807) is 14.0 Å². The molecule has 1 aromatic rings. The second kappa shape index (κ2) is 6.79. The average molecular weight is 262 g/mol. The Morgan fingerprint density at radius 3 is 3.06 bits per heavy atom. The quantitative estimate of drug-likeness (QED) is 0.442. The number of nitrogens with two attached hydrogens (primary N) is 1. The van der Waals surface area contributed by atoms with Crippen molar-refractivity contribution in [3.8, 4) is 0 Å². The molecule has 0 saturated heterocycles. The van der Waals surface area contributed by atoms with Gasteiger partial charge < -0.3 is 10.5 Å². The Bertz CT molecular complexity index is 343. The first kappa shape index (κ1) is 13.4. The maximum absolute atomic E-state index is 11.3. The molecule has 0 spiro atoms. The summed E-state index contributed by atoms with van der Waals surface area (Å²) in [4.78, 5) is 11.3. The van der Waals surface area contributed by atoms with E-state index in [0.29, 0.717) is 11.7 Å². The van der Waals surface area contributed by atoms with Crippen LogP contribution in [0.1, 0.15) is 6.92 Å². The molecule has 1 heterocycles. The van der Waals surface area contributed by atoms with E-state index in [0.717, 1.165) is 10.1 Å². The number of aromatic nitrogens is 2. The number of carbonyl (C=O) groups is 1. The molecule has 0 aliphatic heterocycles. The molecule has 1 amide bonds. The number of carbonyl (C=O) groups excluding carboxylic acids is 1. The summed E-state index contributed by atoms with van der Waals surface area (Å²) in [7, 11) is 1.65. The predicted molar refractivity (Wildman–Crippen MR) is 64.8 cm³/mol.